The number of rotatable bonds is 9. The van der Waals surface area contributed by atoms with E-state index in [-0.39, 0.29) is 29.5 Å². The summed E-state index contributed by atoms with van der Waals surface area (Å²) < 4.78 is 43.7. The summed E-state index contributed by atoms with van der Waals surface area (Å²) in [6, 6.07) is 6.19. The highest BCUT2D eigenvalue weighted by Gasteiger charge is 2.34. The van der Waals surface area contributed by atoms with Crippen molar-refractivity contribution in [3.63, 3.8) is 0 Å². The Morgan fingerprint density at radius 3 is 2.41 bits per heavy atom. The molecule has 1 aliphatic rings. The lowest BCUT2D eigenvalue weighted by atomic mass is 9.94. The van der Waals surface area contributed by atoms with Gasteiger partial charge in [0.1, 0.15) is 11.6 Å². The topological polar surface area (TPSA) is 85.0 Å². The molecule has 1 aromatic carbocycles. The fraction of sp³-hybridized carbons (Fsp3) is 0.409. The highest BCUT2D eigenvalue weighted by atomic mass is 19.3. The predicted octanol–water partition coefficient (Wildman–Crippen LogP) is 4.19. The van der Waals surface area contributed by atoms with Crippen LogP contribution in [0.1, 0.15) is 49.4 Å². The van der Waals surface area contributed by atoms with Gasteiger partial charge in [-0.05, 0) is 37.5 Å². The van der Waals surface area contributed by atoms with Gasteiger partial charge in [-0.1, -0.05) is 12.1 Å². The fourth-order valence-corrected chi connectivity index (χ4v) is 3.48. The third kappa shape index (κ3) is 5.12. The van der Waals surface area contributed by atoms with E-state index in [0.717, 1.165) is 18.4 Å². The van der Waals surface area contributed by atoms with Gasteiger partial charge in [-0.15, -0.1) is 10.2 Å². The normalized spacial score (nSPS) is 14.5. The second kappa shape index (κ2) is 9.46. The second-order valence-corrected chi connectivity index (χ2v) is 7.74. The van der Waals surface area contributed by atoms with Crippen molar-refractivity contribution in [2.75, 3.05) is 13.1 Å². The number of amides is 1. The van der Waals surface area contributed by atoms with E-state index in [1.807, 2.05) is 11.8 Å². The van der Waals surface area contributed by atoms with Crippen molar-refractivity contribution in [3.05, 3.63) is 59.8 Å². The van der Waals surface area contributed by atoms with Crippen LogP contribution in [0, 0.1) is 11.7 Å². The molecule has 0 spiro atoms. The van der Waals surface area contributed by atoms with Crippen LogP contribution in [-0.2, 0) is 11.2 Å². The van der Waals surface area contributed by atoms with Crippen LogP contribution in [0.4, 0.5) is 13.2 Å². The molecule has 1 unspecified atom stereocenters. The zero-order chi connectivity index (χ0) is 22.7. The first-order valence-electron chi connectivity index (χ1n) is 10.4. The van der Waals surface area contributed by atoms with Gasteiger partial charge in [-0.2, -0.15) is 8.78 Å². The summed E-state index contributed by atoms with van der Waals surface area (Å²) in [5.74, 6) is -0.592. The minimum Gasteiger partial charge on any atom is -0.415 e. The monoisotopic (exact) mass is 445 g/mol. The molecule has 1 aliphatic carbocycles. The smallest absolute Gasteiger partial charge is 0.314 e. The van der Waals surface area contributed by atoms with Crippen LogP contribution in [0.3, 0.4) is 0 Å². The van der Waals surface area contributed by atoms with Crippen molar-refractivity contribution in [1.82, 2.24) is 25.1 Å². The largest absolute Gasteiger partial charge is 0.415 e. The Hall–Kier alpha value is -3.30. The molecule has 0 aliphatic heterocycles. The average Bonchev–Trinajstić information content (AvgIpc) is 3.53. The predicted molar refractivity (Wildman–Crippen MR) is 108 cm³/mol. The Labute approximate surface area is 182 Å². The average molecular weight is 445 g/mol. The van der Waals surface area contributed by atoms with Crippen LogP contribution in [0.5, 0.6) is 0 Å². The summed E-state index contributed by atoms with van der Waals surface area (Å²) in [7, 11) is 0. The summed E-state index contributed by atoms with van der Waals surface area (Å²) in [4.78, 5) is 23.1. The fourth-order valence-electron chi connectivity index (χ4n) is 3.48. The van der Waals surface area contributed by atoms with E-state index >= 15 is 0 Å². The van der Waals surface area contributed by atoms with Crippen molar-refractivity contribution in [2.24, 2.45) is 5.92 Å². The quantitative estimate of drug-likeness (QED) is 0.491. The zero-order valence-corrected chi connectivity index (χ0v) is 17.4. The zero-order valence-electron chi connectivity index (χ0n) is 17.4. The first-order chi connectivity index (χ1) is 15.4. The Morgan fingerprint density at radius 2 is 1.84 bits per heavy atom. The van der Waals surface area contributed by atoms with E-state index in [9.17, 15) is 18.0 Å². The lowest BCUT2D eigenvalue weighted by Crippen LogP contribution is -2.36. The summed E-state index contributed by atoms with van der Waals surface area (Å²) >= 11 is 0. The molecule has 1 fully saturated rings. The highest BCUT2D eigenvalue weighted by molar-refractivity contribution is 5.81. The summed E-state index contributed by atoms with van der Waals surface area (Å²) in [6.45, 7) is 2.98. The van der Waals surface area contributed by atoms with Gasteiger partial charge >= 0.3 is 6.43 Å². The lowest BCUT2D eigenvalue weighted by molar-refractivity contribution is -0.132. The first kappa shape index (κ1) is 21.9. The number of aromatic nitrogens is 4. The van der Waals surface area contributed by atoms with Gasteiger partial charge < -0.3 is 9.32 Å². The third-order valence-corrected chi connectivity index (χ3v) is 5.41. The third-order valence-electron chi connectivity index (χ3n) is 5.41. The second-order valence-electron chi connectivity index (χ2n) is 7.74. The molecule has 2 heterocycles. The van der Waals surface area contributed by atoms with Crippen LogP contribution < -0.4 is 0 Å². The van der Waals surface area contributed by atoms with Crippen molar-refractivity contribution >= 4 is 5.91 Å². The number of alkyl halides is 2. The van der Waals surface area contributed by atoms with Crippen LogP contribution in [0.15, 0.2) is 41.1 Å². The maximum absolute atomic E-state index is 13.4. The van der Waals surface area contributed by atoms with E-state index in [0.29, 0.717) is 30.9 Å². The number of benzene rings is 1. The number of hydrogen-bond donors (Lipinski definition) is 0. The van der Waals surface area contributed by atoms with Gasteiger partial charge in [0.15, 0.2) is 0 Å². The van der Waals surface area contributed by atoms with Crippen LogP contribution >= 0.6 is 0 Å². The Morgan fingerprint density at radius 1 is 1.16 bits per heavy atom. The van der Waals surface area contributed by atoms with Gasteiger partial charge in [-0.3, -0.25) is 4.79 Å². The van der Waals surface area contributed by atoms with Gasteiger partial charge in [0.25, 0.3) is 11.8 Å². The van der Waals surface area contributed by atoms with E-state index in [4.69, 9.17) is 4.42 Å². The molecule has 1 atom stereocenters. The first-order valence-corrected chi connectivity index (χ1v) is 10.4. The van der Waals surface area contributed by atoms with Crippen molar-refractivity contribution < 1.29 is 22.4 Å². The Kier molecular flexibility index (Phi) is 6.48. The van der Waals surface area contributed by atoms with Crippen LogP contribution in [0.25, 0.3) is 11.5 Å². The van der Waals surface area contributed by atoms with Crippen molar-refractivity contribution in [2.45, 2.75) is 38.5 Å². The number of hydrogen-bond acceptors (Lipinski definition) is 6. The molecule has 4 rings (SSSR count). The molecule has 0 bridgehead atoms. The summed E-state index contributed by atoms with van der Waals surface area (Å²) in [5, 5.41) is 6.89. The number of nitrogens with zero attached hydrogens (tertiary/aromatic N) is 5. The van der Waals surface area contributed by atoms with E-state index in [1.54, 1.807) is 12.1 Å². The summed E-state index contributed by atoms with van der Waals surface area (Å²) in [5.41, 5.74) is 1.20. The van der Waals surface area contributed by atoms with Crippen LogP contribution in [-0.4, -0.2) is 44.1 Å². The van der Waals surface area contributed by atoms with Crippen LogP contribution in [0.2, 0.25) is 0 Å². The summed E-state index contributed by atoms with van der Waals surface area (Å²) in [6.07, 6.45) is 2.26. The number of likely N-dealkylation sites (N-methyl/N-ethyl adjacent to an activating group) is 1. The van der Waals surface area contributed by atoms with E-state index in [1.165, 1.54) is 24.5 Å². The van der Waals surface area contributed by atoms with Gasteiger partial charge in [0.05, 0.1) is 5.56 Å². The minimum atomic E-state index is -2.85. The van der Waals surface area contributed by atoms with E-state index < -0.39 is 12.3 Å². The molecule has 168 valence electrons. The highest BCUT2D eigenvalue weighted by Crippen LogP contribution is 2.32. The molecule has 0 saturated heterocycles. The molecular formula is C22H22F3N5O2. The maximum atomic E-state index is 13.4. The molecule has 7 nitrogen and oxygen atoms in total. The van der Waals surface area contributed by atoms with Gasteiger partial charge in [0.2, 0.25) is 5.91 Å². The number of carbonyl (C=O) groups excluding carboxylic acids is 1. The van der Waals surface area contributed by atoms with Crippen molar-refractivity contribution in [3.8, 4) is 11.5 Å². The number of carbonyl (C=O) groups is 1. The Balaban J connectivity index is 1.53. The molecular weight excluding hydrogens is 423 g/mol. The van der Waals surface area contributed by atoms with E-state index in [2.05, 4.69) is 20.2 Å². The minimum absolute atomic E-state index is 0.0888. The maximum Gasteiger partial charge on any atom is 0.314 e. The molecule has 32 heavy (non-hydrogen) atoms. The molecule has 1 amide bonds. The van der Waals surface area contributed by atoms with Gasteiger partial charge in [-0.25, -0.2) is 14.4 Å². The van der Waals surface area contributed by atoms with Crippen molar-refractivity contribution in [1.29, 1.82) is 0 Å². The molecule has 2 aromatic heterocycles. The molecule has 3 aromatic rings. The number of halogens is 3. The SMILES string of the molecule is CCN(CC(Cc1ncc(-c2nnc(C(F)F)o2)cn1)c1ccc(F)cc1)C(=O)C1CC1. The standard InChI is InChI=1S/C22H22F3N5O2/c1-2-30(22(31)14-3-4-14)12-15(13-5-7-17(23)8-6-13)9-18-26-10-16(11-27-18)20-28-29-21(32-20)19(24)25/h5-8,10-11,14-15,19H,2-4,9,12H2,1H3. The molecule has 0 N–H and O–H groups in total. The Bertz CT molecular complexity index is 1050. The molecule has 1 saturated carbocycles. The van der Waals surface area contributed by atoms with Gasteiger partial charge in [0, 0.05) is 43.7 Å². The lowest BCUT2D eigenvalue weighted by Gasteiger charge is -2.27. The molecule has 10 heteroatoms. The molecule has 0 radical (unpaired) electrons.